The van der Waals surface area contributed by atoms with Gasteiger partial charge in [-0.15, -0.1) is 0 Å². The summed E-state index contributed by atoms with van der Waals surface area (Å²) in [5.74, 6) is 0.0981. The molecule has 14 heavy (non-hydrogen) atoms. The van der Waals surface area contributed by atoms with E-state index in [1.165, 1.54) is 0 Å². The Morgan fingerprint density at radius 1 is 1.43 bits per heavy atom. The number of hydroxylamine groups is 1. The fourth-order valence-corrected chi connectivity index (χ4v) is 2.61. The molecule has 1 rings (SSSR count). The number of hydrogen-bond donors (Lipinski definition) is 0. The number of ether oxygens (including phenoxy) is 1. The molecule has 1 aliphatic rings. The summed E-state index contributed by atoms with van der Waals surface area (Å²) in [5.41, 5.74) is 0. The van der Waals surface area contributed by atoms with Crippen LogP contribution >= 0.6 is 0 Å². The predicted molar refractivity (Wildman–Crippen MR) is 52.2 cm³/mol. The van der Waals surface area contributed by atoms with Crippen LogP contribution in [0.2, 0.25) is 0 Å². The van der Waals surface area contributed by atoms with Crippen molar-refractivity contribution >= 4 is 10.0 Å². The summed E-state index contributed by atoms with van der Waals surface area (Å²) in [4.78, 5) is 5.08. The number of rotatable bonds is 5. The number of methoxy groups -OCH3 is 1. The van der Waals surface area contributed by atoms with Gasteiger partial charge in [0.05, 0.1) is 12.4 Å². The maximum Gasteiger partial charge on any atom is 0.236 e. The van der Waals surface area contributed by atoms with Crippen molar-refractivity contribution < 1.29 is 18.0 Å². The summed E-state index contributed by atoms with van der Waals surface area (Å²) in [5, 5.41) is 0. The van der Waals surface area contributed by atoms with Crippen LogP contribution in [0.4, 0.5) is 0 Å². The Morgan fingerprint density at radius 3 is 2.79 bits per heavy atom. The molecular formula is C8H17NO4S. The molecule has 0 aromatic carbocycles. The molecular weight excluding hydrogens is 206 g/mol. The maximum atomic E-state index is 11.6. The Bertz CT molecular complexity index is 246. The lowest BCUT2D eigenvalue weighted by Gasteiger charge is -2.25. The molecule has 1 fully saturated rings. The molecule has 1 saturated heterocycles. The van der Waals surface area contributed by atoms with Crippen molar-refractivity contribution in [1.29, 1.82) is 0 Å². The molecule has 5 nitrogen and oxygen atoms in total. The van der Waals surface area contributed by atoms with Crippen LogP contribution < -0.4 is 0 Å². The van der Waals surface area contributed by atoms with Crippen LogP contribution in [0.15, 0.2) is 0 Å². The van der Waals surface area contributed by atoms with Crippen molar-refractivity contribution in [3.63, 3.8) is 0 Å². The molecule has 0 atom stereocenters. The summed E-state index contributed by atoms with van der Waals surface area (Å²) < 4.78 is 29.1. The van der Waals surface area contributed by atoms with Crippen LogP contribution in [0.3, 0.4) is 0 Å². The minimum Gasteiger partial charge on any atom is -0.385 e. The third kappa shape index (κ3) is 3.53. The molecule has 84 valence electrons. The highest BCUT2D eigenvalue weighted by Gasteiger charge is 2.24. The van der Waals surface area contributed by atoms with E-state index in [1.807, 2.05) is 0 Å². The summed E-state index contributed by atoms with van der Waals surface area (Å²) in [6, 6.07) is 0. The molecule has 0 aromatic heterocycles. The molecule has 1 heterocycles. The standard InChI is InChI=1S/C8H17NO4S/c1-12-6-4-8-14(10,11)9-5-2-3-7-13-9/h2-8H2,1H3. The van der Waals surface area contributed by atoms with E-state index in [9.17, 15) is 8.42 Å². The van der Waals surface area contributed by atoms with Gasteiger partial charge in [0.15, 0.2) is 0 Å². The topological polar surface area (TPSA) is 55.8 Å². The van der Waals surface area contributed by atoms with Crippen molar-refractivity contribution in [3.05, 3.63) is 0 Å². The van der Waals surface area contributed by atoms with Crippen molar-refractivity contribution in [2.75, 3.05) is 32.6 Å². The van der Waals surface area contributed by atoms with Crippen molar-refractivity contribution in [2.24, 2.45) is 0 Å². The van der Waals surface area contributed by atoms with Gasteiger partial charge in [-0.2, -0.15) is 0 Å². The van der Waals surface area contributed by atoms with E-state index in [0.717, 1.165) is 17.3 Å². The second kappa shape index (κ2) is 5.65. The van der Waals surface area contributed by atoms with Crippen LogP contribution in [-0.2, 0) is 19.6 Å². The molecule has 1 aliphatic heterocycles. The minimum atomic E-state index is -3.22. The fraction of sp³-hybridized carbons (Fsp3) is 1.00. The van der Waals surface area contributed by atoms with Gasteiger partial charge in [0.2, 0.25) is 10.0 Å². The first-order chi connectivity index (χ1) is 6.67. The van der Waals surface area contributed by atoms with Crippen LogP contribution in [0, 0.1) is 0 Å². The van der Waals surface area contributed by atoms with E-state index in [-0.39, 0.29) is 5.75 Å². The number of hydrogen-bond acceptors (Lipinski definition) is 4. The molecule has 0 spiro atoms. The van der Waals surface area contributed by atoms with Gasteiger partial charge in [-0.1, -0.05) is 4.47 Å². The van der Waals surface area contributed by atoms with Crippen LogP contribution in [-0.4, -0.2) is 45.5 Å². The van der Waals surface area contributed by atoms with E-state index < -0.39 is 10.0 Å². The largest absolute Gasteiger partial charge is 0.385 e. The van der Waals surface area contributed by atoms with Gasteiger partial charge in [-0.3, -0.25) is 4.84 Å². The highest BCUT2D eigenvalue weighted by Crippen LogP contribution is 2.12. The van der Waals surface area contributed by atoms with Crippen molar-refractivity contribution in [2.45, 2.75) is 19.3 Å². The van der Waals surface area contributed by atoms with Crippen LogP contribution in [0.1, 0.15) is 19.3 Å². The third-order valence-corrected chi connectivity index (χ3v) is 3.74. The molecule has 0 aromatic rings. The number of sulfonamides is 1. The quantitative estimate of drug-likeness (QED) is 0.632. The highest BCUT2D eigenvalue weighted by atomic mass is 32.2. The zero-order valence-corrected chi connectivity index (χ0v) is 9.25. The van der Waals surface area contributed by atoms with E-state index >= 15 is 0 Å². The monoisotopic (exact) mass is 223 g/mol. The first-order valence-corrected chi connectivity index (χ1v) is 6.40. The first kappa shape index (κ1) is 11.9. The smallest absolute Gasteiger partial charge is 0.236 e. The van der Waals surface area contributed by atoms with E-state index in [2.05, 4.69) is 0 Å². The van der Waals surface area contributed by atoms with Crippen LogP contribution in [0.5, 0.6) is 0 Å². The van der Waals surface area contributed by atoms with Gasteiger partial charge in [0.25, 0.3) is 0 Å². The molecule has 6 heteroatoms. The van der Waals surface area contributed by atoms with Gasteiger partial charge >= 0.3 is 0 Å². The zero-order valence-electron chi connectivity index (χ0n) is 8.44. The van der Waals surface area contributed by atoms with Gasteiger partial charge in [-0.25, -0.2) is 8.42 Å². The molecule has 0 radical (unpaired) electrons. The summed E-state index contributed by atoms with van der Waals surface area (Å²) in [7, 11) is -1.66. The Kier molecular flexibility index (Phi) is 4.80. The molecule has 0 N–H and O–H groups in total. The zero-order chi connectivity index (χ0) is 10.4. The van der Waals surface area contributed by atoms with Gasteiger partial charge < -0.3 is 4.74 Å². The highest BCUT2D eigenvalue weighted by molar-refractivity contribution is 7.88. The second-order valence-electron chi connectivity index (χ2n) is 3.23. The predicted octanol–water partition coefficient (Wildman–Crippen LogP) is 0.380. The van der Waals surface area contributed by atoms with Crippen molar-refractivity contribution in [3.8, 4) is 0 Å². The minimum absolute atomic E-state index is 0.0981. The summed E-state index contributed by atoms with van der Waals surface area (Å²) >= 11 is 0. The first-order valence-electron chi connectivity index (χ1n) is 4.79. The Hall–Kier alpha value is -0.170. The molecule has 0 unspecified atom stereocenters. The average molecular weight is 223 g/mol. The molecule has 0 amide bonds. The molecule has 0 bridgehead atoms. The lowest BCUT2D eigenvalue weighted by molar-refractivity contribution is -0.108. The SMILES string of the molecule is COCCCS(=O)(=O)N1CCCCO1. The second-order valence-corrected chi connectivity index (χ2v) is 5.21. The van der Waals surface area contributed by atoms with E-state index in [4.69, 9.17) is 9.57 Å². The lowest BCUT2D eigenvalue weighted by atomic mass is 10.3. The van der Waals surface area contributed by atoms with E-state index in [0.29, 0.717) is 26.2 Å². The normalized spacial score (nSPS) is 19.8. The van der Waals surface area contributed by atoms with Crippen molar-refractivity contribution in [1.82, 2.24) is 4.47 Å². The Balaban J connectivity index is 2.38. The number of nitrogens with zero attached hydrogens (tertiary/aromatic N) is 1. The maximum absolute atomic E-state index is 11.6. The summed E-state index contributed by atoms with van der Waals surface area (Å²) in [6.07, 6.45) is 2.33. The lowest BCUT2D eigenvalue weighted by Crippen LogP contribution is -2.37. The Morgan fingerprint density at radius 2 is 2.21 bits per heavy atom. The summed E-state index contributed by atoms with van der Waals surface area (Å²) in [6.45, 7) is 1.45. The third-order valence-electron chi connectivity index (χ3n) is 2.03. The van der Waals surface area contributed by atoms with E-state index in [1.54, 1.807) is 7.11 Å². The van der Waals surface area contributed by atoms with Gasteiger partial charge in [0.1, 0.15) is 0 Å². The molecule has 0 aliphatic carbocycles. The fourth-order valence-electron chi connectivity index (χ4n) is 1.28. The molecule has 0 saturated carbocycles. The van der Waals surface area contributed by atoms with Crippen LogP contribution in [0.25, 0.3) is 0 Å². The van der Waals surface area contributed by atoms with Gasteiger partial charge in [0, 0.05) is 20.3 Å². The van der Waals surface area contributed by atoms with Gasteiger partial charge in [-0.05, 0) is 19.3 Å². The average Bonchev–Trinajstić information content (AvgIpc) is 2.19. The Labute approximate surface area is 85.0 Å².